The van der Waals surface area contributed by atoms with E-state index in [0.717, 1.165) is 30.6 Å². The SMILES string of the molecule is CNC1CCCc2c(OCCSC(F)(F)F)cccc21. The lowest BCUT2D eigenvalue weighted by atomic mass is 9.87. The number of hydrogen-bond acceptors (Lipinski definition) is 3. The van der Waals surface area contributed by atoms with E-state index < -0.39 is 5.51 Å². The Morgan fingerprint density at radius 1 is 1.40 bits per heavy atom. The van der Waals surface area contributed by atoms with Crippen molar-refractivity contribution in [3.8, 4) is 5.75 Å². The number of rotatable bonds is 5. The molecular weight excluding hydrogens is 287 g/mol. The molecule has 1 aromatic carbocycles. The van der Waals surface area contributed by atoms with Crippen LogP contribution in [0.25, 0.3) is 0 Å². The number of ether oxygens (including phenoxy) is 1. The van der Waals surface area contributed by atoms with Crippen molar-refractivity contribution in [3.05, 3.63) is 29.3 Å². The molecule has 1 unspecified atom stereocenters. The molecule has 112 valence electrons. The highest BCUT2D eigenvalue weighted by molar-refractivity contribution is 8.00. The molecule has 1 aliphatic carbocycles. The van der Waals surface area contributed by atoms with Crippen LogP contribution in [0.1, 0.15) is 30.0 Å². The fourth-order valence-corrected chi connectivity index (χ4v) is 2.96. The predicted molar refractivity (Wildman–Crippen MR) is 75.2 cm³/mol. The molecule has 0 saturated carbocycles. The van der Waals surface area contributed by atoms with Crippen LogP contribution in [0.2, 0.25) is 0 Å². The van der Waals surface area contributed by atoms with Gasteiger partial charge in [-0.2, -0.15) is 13.2 Å². The van der Waals surface area contributed by atoms with Gasteiger partial charge >= 0.3 is 5.51 Å². The maximum absolute atomic E-state index is 12.1. The monoisotopic (exact) mass is 305 g/mol. The van der Waals surface area contributed by atoms with E-state index >= 15 is 0 Å². The second-order valence-corrected chi connectivity index (χ2v) is 5.86. The van der Waals surface area contributed by atoms with E-state index in [2.05, 4.69) is 11.4 Å². The first-order valence-corrected chi connectivity index (χ1v) is 7.62. The van der Waals surface area contributed by atoms with Crippen LogP contribution in [0.3, 0.4) is 0 Å². The lowest BCUT2D eigenvalue weighted by molar-refractivity contribution is -0.0329. The summed E-state index contributed by atoms with van der Waals surface area (Å²) in [6.07, 6.45) is 3.07. The molecule has 0 fully saturated rings. The van der Waals surface area contributed by atoms with Crippen LogP contribution in [0, 0.1) is 0 Å². The van der Waals surface area contributed by atoms with Crippen LogP contribution in [0.4, 0.5) is 13.2 Å². The largest absolute Gasteiger partial charge is 0.492 e. The van der Waals surface area contributed by atoms with Crippen LogP contribution in [-0.4, -0.2) is 24.9 Å². The standard InChI is InChI=1S/C14H18F3NOS/c1-18-12-6-2-5-11-10(12)4-3-7-13(11)19-8-9-20-14(15,16)17/h3-4,7,12,18H,2,5-6,8-9H2,1H3. The molecule has 6 heteroatoms. The summed E-state index contributed by atoms with van der Waals surface area (Å²) < 4.78 is 41.7. The van der Waals surface area contributed by atoms with E-state index in [1.807, 2.05) is 19.2 Å². The van der Waals surface area contributed by atoms with Gasteiger partial charge in [0.1, 0.15) is 5.75 Å². The highest BCUT2D eigenvalue weighted by atomic mass is 32.2. The zero-order valence-electron chi connectivity index (χ0n) is 11.3. The van der Waals surface area contributed by atoms with Crippen molar-refractivity contribution in [3.63, 3.8) is 0 Å². The third-order valence-electron chi connectivity index (χ3n) is 3.42. The Kier molecular flexibility index (Phi) is 5.21. The molecule has 2 rings (SSSR count). The van der Waals surface area contributed by atoms with Crippen LogP contribution < -0.4 is 10.1 Å². The minimum Gasteiger partial charge on any atom is -0.492 e. The van der Waals surface area contributed by atoms with Crippen molar-refractivity contribution >= 4 is 11.8 Å². The van der Waals surface area contributed by atoms with Crippen molar-refractivity contribution < 1.29 is 17.9 Å². The maximum atomic E-state index is 12.1. The van der Waals surface area contributed by atoms with Crippen molar-refractivity contribution in [1.82, 2.24) is 5.32 Å². The number of hydrogen-bond donors (Lipinski definition) is 1. The molecule has 1 N–H and O–H groups in total. The minimum absolute atomic E-state index is 0.0421. The summed E-state index contributed by atoms with van der Waals surface area (Å²) in [7, 11) is 1.92. The first kappa shape index (κ1) is 15.5. The van der Waals surface area contributed by atoms with Gasteiger partial charge in [0.15, 0.2) is 0 Å². The lowest BCUT2D eigenvalue weighted by Crippen LogP contribution is -2.22. The van der Waals surface area contributed by atoms with Gasteiger partial charge < -0.3 is 10.1 Å². The van der Waals surface area contributed by atoms with E-state index in [4.69, 9.17) is 4.74 Å². The normalized spacial score (nSPS) is 18.7. The lowest BCUT2D eigenvalue weighted by Gasteiger charge is -2.26. The summed E-state index contributed by atoms with van der Waals surface area (Å²) in [4.78, 5) is 0. The van der Waals surface area contributed by atoms with Gasteiger partial charge in [0.25, 0.3) is 0 Å². The first-order valence-electron chi connectivity index (χ1n) is 6.64. The molecule has 0 spiro atoms. The van der Waals surface area contributed by atoms with Gasteiger partial charge in [0, 0.05) is 11.8 Å². The molecule has 20 heavy (non-hydrogen) atoms. The Labute approximate surface area is 121 Å². The smallest absolute Gasteiger partial charge is 0.441 e. The molecule has 0 aromatic heterocycles. The Morgan fingerprint density at radius 3 is 2.90 bits per heavy atom. The van der Waals surface area contributed by atoms with Gasteiger partial charge in [-0.05, 0) is 55.3 Å². The van der Waals surface area contributed by atoms with Gasteiger partial charge in [0.2, 0.25) is 0 Å². The van der Waals surface area contributed by atoms with Crippen LogP contribution >= 0.6 is 11.8 Å². The van der Waals surface area contributed by atoms with Crippen molar-refractivity contribution in [1.29, 1.82) is 0 Å². The molecule has 1 atom stereocenters. The van der Waals surface area contributed by atoms with Crippen molar-refractivity contribution in [2.75, 3.05) is 19.4 Å². The zero-order chi connectivity index (χ0) is 14.6. The van der Waals surface area contributed by atoms with Gasteiger partial charge in [-0.25, -0.2) is 0 Å². The summed E-state index contributed by atoms with van der Waals surface area (Å²) in [5.41, 5.74) is -1.84. The number of fused-ring (bicyclic) bond motifs is 1. The fourth-order valence-electron chi connectivity index (χ4n) is 2.56. The molecule has 0 heterocycles. The van der Waals surface area contributed by atoms with Gasteiger partial charge in [0.05, 0.1) is 6.61 Å². The number of benzene rings is 1. The second-order valence-electron chi connectivity index (χ2n) is 4.70. The molecule has 0 radical (unpaired) electrons. The summed E-state index contributed by atoms with van der Waals surface area (Å²) in [6, 6.07) is 6.12. The first-order chi connectivity index (χ1) is 9.51. The minimum atomic E-state index is -4.18. The van der Waals surface area contributed by atoms with Gasteiger partial charge in [-0.1, -0.05) is 12.1 Å². The fraction of sp³-hybridized carbons (Fsp3) is 0.571. The number of nitrogens with one attached hydrogen (secondary N) is 1. The van der Waals surface area contributed by atoms with Crippen LogP contribution in [-0.2, 0) is 6.42 Å². The molecule has 2 nitrogen and oxygen atoms in total. The average molecular weight is 305 g/mol. The van der Waals surface area contributed by atoms with E-state index in [1.54, 1.807) is 0 Å². The Morgan fingerprint density at radius 2 is 2.20 bits per heavy atom. The van der Waals surface area contributed by atoms with E-state index in [9.17, 15) is 13.2 Å². The molecule has 0 bridgehead atoms. The summed E-state index contributed by atoms with van der Waals surface area (Å²) in [6.45, 7) is 0.0743. The third kappa shape index (κ3) is 4.06. The second kappa shape index (κ2) is 6.72. The maximum Gasteiger partial charge on any atom is 0.441 e. The topological polar surface area (TPSA) is 21.3 Å². The van der Waals surface area contributed by atoms with E-state index in [1.165, 1.54) is 5.56 Å². The Hall–Kier alpha value is -0.880. The molecule has 1 aromatic rings. The zero-order valence-corrected chi connectivity index (χ0v) is 12.1. The third-order valence-corrected chi connectivity index (χ3v) is 4.12. The highest BCUT2D eigenvalue weighted by Crippen LogP contribution is 2.35. The summed E-state index contributed by atoms with van der Waals surface area (Å²) in [5, 5.41) is 3.27. The van der Waals surface area contributed by atoms with Crippen LogP contribution in [0.15, 0.2) is 18.2 Å². The molecule has 0 aliphatic heterocycles. The predicted octanol–water partition coefficient (Wildman–Crippen LogP) is 3.92. The summed E-state index contributed by atoms with van der Waals surface area (Å²) in [5.74, 6) is 0.646. The quantitative estimate of drug-likeness (QED) is 0.833. The Balaban J connectivity index is 1.99. The molecule has 0 saturated heterocycles. The van der Waals surface area contributed by atoms with Gasteiger partial charge in [-0.3, -0.25) is 0 Å². The van der Waals surface area contributed by atoms with Crippen molar-refractivity contribution in [2.45, 2.75) is 30.8 Å². The van der Waals surface area contributed by atoms with E-state index in [0.29, 0.717) is 6.04 Å². The Bertz CT molecular complexity index is 451. The molecule has 0 amide bonds. The average Bonchev–Trinajstić information content (AvgIpc) is 2.42. The van der Waals surface area contributed by atoms with Crippen molar-refractivity contribution in [2.24, 2.45) is 0 Å². The number of alkyl halides is 3. The van der Waals surface area contributed by atoms with Gasteiger partial charge in [-0.15, -0.1) is 0 Å². The molecular formula is C14H18F3NOS. The van der Waals surface area contributed by atoms with Crippen LogP contribution in [0.5, 0.6) is 5.75 Å². The highest BCUT2D eigenvalue weighted by Gasteiger charge is 2.27. The number of halogens is 3. The molecule has 1 aliphatic rings. The number of thioether (sulfide) groups is 1. The van der Waals surface area contributed by atoms with E-state index in [-0.39, 0.29) is 24.1 Å². The summed E-state index contributed by atoms with van der Waals surface area (Å²) >= 11 is -0.0421.